The van der Waals surface area contributed by atoms with Gasteiger partial charge in [0.1, 0.15) is 17.4 Å². The molecule has 10 heteroatoms. The third-order valence-electron chi connectivity index (χ3n) is 4.30. The number of anilines is 1. The fourth-order valence-corrected chi connectivity index (χ4v) is 3.47. The van der Waals surface area contributed by atoms with E-state index in [0.717, 1.165) is 5.56 Å². The van der Waals surface area contributed by atoms with Crippen LogP contribution >= 0.6 is 0 Å². The number of aliphatic hydroxyl groups is 1. The van der Waals surface area contributed by atoms with Crippen molar-refractivity contribution in [3.63, 3.8) is 0 Å². The molecular weight excluding hydrogens is 397 g/mol. The van der Waals surface area contributed by atoms with Crippen molar-refractivity contribution in [1.29, 1.82) is 0 Å². The highest BCUT2D eigenvalue weighted by Gasteiger charge is 2.17. The maximum absolute atomic E-state index is 13.2. The summed E-state index contributed by atoms with van der Waals surface area (Å²) in [7, 11) is -3.82. The standard InChI is InChI=1S/C19H28FN5O3S/c1-12(2)8-16(10-26)22-19-24-17(23-18(25-19)11-29(21,27)28)9-13(3)14-4-6-15(20)7-5-14/h4-7,12-13,16,26H,8-11H2,1-3H3,(H2,21,27,28)(H,22,23,24,25)/t13-,16-/m1/s1. The zero-order chi connectivity index (χ0) is 21.6. The number of hydrogen-bond donors (Lipinski definition) is 3. The highest BCUT2D eigenvalue weighted by Crippen LogP contribution is 2.20. The maximum Gasteiger partial charge on any atom is 0.226 e. The van der Waals surface area contributed by atoms with Gasteiger partial charge in [-0.3, -0.25) is 0 Å². The van der Waals surface area contributed by atoms with Crippen LogP contribution in [0.3, 0.4) is 0 Å². The molecule has 8 nitrogen and oxygen atoms in total. The van der Waals surface area contributed by atoms with E-state index in [2.05, 4.69) is 20.3 Å². The number of hydrogen-bond acceptors (Lipinski definition) is 7. The van der Waals surface area contributed by atoms with Crippen LogP contribution in [0.4, 0.5) is 10.3 Å². The average molecular weight is 426 g/mol. The molecule has 0 bridgehead atoms. The van der Waals surface area contributed by atoms with Gasteiger partial charge in [0.05, 0.1) is 12.6 Å². The minimum Gasteiger partial charge on any atom is -0.394 e. The Kier molecular flexibility index (Phi) is 8.00. The Labute approximate surface area is 170 Å². The van der Waals surface area contributed by atoms with E-state index in [-0.39, 0.29) is 36.2 Å². The molecule has 1 aromatic heterocycles. The van der Waals surface area contributed by atoms with Gasteiger partial charge in [-0.05, 0) is 36.0 Å². The minimum absolute atomic E-state index is 0.0301. The molecule has 1 heterocycles. The number of benzene rings is 1. The van der Waals surface area contributed by atoms with E-state index in [1.165, 1.54) is 12.1 Å². The summed E-state index contributed by atoms with van der Waals surface area (Å²) < 4.78 is 36.2. The summed E-state index contributed by atoms with van der Waals surface area (Å²) in [6.45, 7) is 5.88. The molecule has 0 spiro atoms. The number of sulfonamides is 1. The van der Waals surface area contributed by atoms with Crippen LogP contribution in [0, 0.1) is 11.7 Å². The van der Waals surface area contributed by atoms with Crippen LogP contribution < -0.4 is 10.5 Å². The third kappa shape index (κ3) is 8.00. The molecule has 0 saturated carbocycles. The second-order valence-corrected chi connectivity index (χ2v) is 9.22. The topological polar surface area (TPSA) is 131 Å². The van der Waals surface area contributed by atoms with Gasteiger partial charge < -0.3 is 10.4 Å². The zero-order valence-corrected chi connectivity index (χ0v) is 17.7. The Hall–Kier alpha value is -2.17. The first-order valence-electron chi connectivity index (χ1n) is 9.43. The lowest BCUT2D eigenvalue weighted by atomic mass is 9.97. The van der Waals surface area contributed by atoms with Gasteiger partial charge in [-0.1, -0.05) is 32.9 Å². The van der Waals surface area contributed by atoms with Crippen molar-refractivity contribution in [2.75, 3.05) is 11.9 Å². The molecule has 29 heavy (non-hydrogen) atoms. The number of aliphatic hydroxyl groups excluding tert-OH is 1. The van der Waals surface area contributed by atoms with Crippen LogP contribution in [0.2, 0.25) is 0 Å². The number of nitrogens with one attached hydrogen (secondary N) is 1. The largest absolute Gasteiger partial charge is 0.394 e. The van der Waals surface area contributed by atoms with Crippen molar-refractivity contribution in [2.45, 2.75) is 51.3 Å². The molecule has 0 aliphatic heterocycles. The molecule has 2 atom stereocenters. The Morgan fingerprint density at radius 2 is 1.72 bits per heavy atom. The van der Waals surface area contributed by atoms with Crippen molar-refractivity contribution in [1.82, 2.24) is 15.0 Å². The van der Waals surface area contributed by atoms with Crippen LogP contribution in [0.1, 0.15) is 50.3 Å². The summed E-state index contributed by atoms with van der Waals surface area (Å²) >= 11 is 0. The predicted molar refractivity (Wildman–Crippen MR) is 109 cm³/mol. The fraction of sp³-hybridized carbons (Fsp3) is 0.526. The van der Waals surface area contributed by atoms with Crippen molar-refractivity contribution < 1.29 is 17.9 Å². The van der Waals surface area contributed by atoms with Crippen molar-refractivity contribution in [2.24, 2.45) is 11.1 Å². The normalized spacial score (nSPS) is 14.0. The van der Waals surface area contributed by atoms with Gasteiger partial charge in [0.25, 0.3) is 0 Å². The summed E-state index contributed by atoms with van der Waals surface area (Å²) in [5, 5.41) is 17.8. The SMILES string of the molecule is CC(C)C[C@H](CO)Nc1nc(C[C@@H](C)c2ccc(F)cc2)nc(CS(N)(=O)=O)n1. The second-order valence-electron chi connectivity index (χ2n) is 7.61. The van der Waals surface area contributed by atoms with E-state index < -0.39 is 15.8 Å². The number of aromatic nitrogens is 3. The smallest absolute Gasteiger partial charge is 0.226 e. The van der Waals surface area contributed by atoms with Gasteiger partial charge in [-0.25, -0.2) is 22.9 Å². The van der Waals surface area contributed by atoms with Gasteiger partial charge in [-0.15, -0.1) is 0 Å². The molecule has 4 N–H and O–H groups in total. The highest BCUT2D eigenvalue weighted by molar-refractivity contribution is 7.88. The quantitative estimate of drug-likeness (QED) is 0.530. The van der Waals surface area contributed by atoms with E-state index in [9.17, 15) is 17.9 Å². The maximum atomic E-state index is 13.2. The first-order chi connectivity index (χ1) is 13.6. The van der Waals surface area contributed by atoms with Crippen molar-refractivity contribution in [3.8, 4) is 0 Å². The molecule has 0 aliphatic rings. The molecular formula is C19H28FN5O3S. The third-order valence-corrected chi connectivity index (χ3v) is 4.96. The number of rotatable bonds is 10. The second kappa shape index (κ2) is 10.0. The van der Waals surface area contributed by atoms with E-state index in [1.807, 2.05) is 20.8 Å². The lowest BCUT2D eigenvalue weighted by Gasteiger charge is -2.19. The average Bonchev–Trinajstić information content (AvgIpc) is 2.59. The molecule has 0 saturated heterocycles. The molecule has 0 unspecified atom stereocenters. The molecule has 1 aromatic carbocycles. The summed E-state index contributed by atoms with van der Waals surface area (Å²) in [5.74, 6) is 0.0892. The van der Waals surface area contributed by atoms with Crippen molar-refractivity contribution in [3.05, 3.63) is 47.3 Å². The zero-order valence-electron chi connectivity index (χ0n) is 16.8. The van der Waals surface area contributed by atoms with E-state index in [0.29, 0.717) is 24.6 Å². The molecule has 0 radical (unpaired) electrons. The van der Waals surface area contributed by atoms with Crippen LogP contribution in [0.25, 0.3) is 0 Å². The Morgan fingerprint density at radius 1 is 1.10 bits per heavy atom. The van der Waals surface area contributed by atoms with Gasteiger partial charge >= 0.3 is 0 Å². The molecule has 0 fully saturated rings. The predicted octanol–water partition coefficient (Wildman–Crippen LogP) is 1.96. The Bertz CT molecular complexity index is 907. The summed E-state index contributed by atoms with van der Waals surface area (Å²) in [4.78, 5) is 12.8. The summed E-state index contributed by atoms with van der Waals surface area (Å²) in [5.41, 5.74) is 0.905. The minimum atomic E-state index is -3.82. The van der Waals surface area contributed by atoms with Gasteiger partial charge in [0.2, 0.25) is 16.0 Å². The number of nitrogens with zero attached hydrogens (tertiary/aromatic N) is 3. The Balaban J connectivity index is 2.29. The lowest BCUT2D eigenvalue weighted by molar-refractivity contribution is 0.259. The number of halogens is 1. The van der Waals surface area contributed by atoms with Crippen LogP contribution in [0.5, 0.6) is 0 Å². The fourth-order valence-electron chi connectivity index (χ4n) is 2.98. The van der Waals surface area contributed by atoms with Gasteiger partial charge in [0, 0.05) is 6.42 Å². The first-order valence-corrected chi connectivity index (χ1v) is 11.1. The molecule has 0 aliphatic carbocycles. The van der Waals surface area contributed by atoms with Gasteiger partial charge in [0.15, 0.2) is 5.82 Å². The molecule has 2 aromatic rings. The van der Waals surface area contributed by atoms with Crippen molar-refractivity contribution >= 4 is 16.0 Å². The van der Waals surface area contributed by atoms with E-state index >= 15 is 0 Å². The number of nitrogens with two attached hydrogens (primary N) is 1. The van der Waals surface area contributed by atoms with E-state index in [1.54, 1.807) is 12.1 Å². The molecule has 0 amide bonds. The Morgan fingerprint density at radius 3 is 2.28 bits per heavy atom. The van der Waals surface area contributed by atoms with Crippen LogP contribution in [-0.2, 0) is 22.2 Å². The highest BCUT2D eigenvalue weighted by atomic mass is 32.2. The number of primary sulfonamides is 1. The van der Waals surface area contributed by atoms with Crippen LogP contribution in [0.15, 0.2) is 24.3 Å². The summed E-state index contributed by atoms with van der Waals surface area (Å²) in [6, 6.07) is 5.88. The first kappa shape index (κ1) is 23.1. The van der Waals surface area contributed by atoms with E-state index in [4.69, 9.17) is 5.14 Å². The monoisotopic (exact) mass is 425 g/mol. The van der Waals surface area contributed by atoms with Crippen LogP contribution in [-0.4, -0.2) is 41.1 Å². The van der Waals surface area contributed by atoms with Gasteiger partial charge in [-0.2, -0.15) is 9.97 Å². The summed E-state index contributed by atoms with van der Waals surface area (Å²) in [6.07, 6.45) is 1.09. The lowest BCUT2D eigenvalue weighted by Crippen LogP contribution is -2.28. The molecule has 160 valence electrons. The molecule has 2 rings (SSSR count).